The van der Waals surface area contributed by atoms with E-state index in [2.05, 4.69) is 15.4 Å². The number of alkyl halides is 1. The minimum atomic E-state index is -1.09. The molecule has 3 aromatic rings. The van der Waals surface area contributed by atoms with Crippen LogP contribution in [-0.2, 0) is 11.8 Å². The fourth-order valence-electron chi connectivity index (χ4n) is 5.38. The van der Waals surface area contributed by atoms with Gasteiger partial charge < -0.3 is 15.2 Å². The van der Waals surface area contributed by atoms with Gasteiger partial charge in [-0.3, -0.25) is 9.58 Å². The first-order chi connectivity index (χ1) is 16.5. The number of anilines is 2. The third-order valence-electron chi connectivity index (χ3n) is 7.36. The van der Waals surface area contributed by atoms with Crippen molar-refractivity contribution in [2.24, 2.45) is 7.05 Å². The summed E-state index contributed by atoms with van der Waals surface area (Å²) in [4.78, 5) is 11.2. The Labute approximate surface area is 202 Å². The highest BCUT2D eigenvalue weighted by atomic mass is 35.5. The van der Waals surface area contributed by atoms with Gasteiger partial charge in [0.15, 0.2) is 0 Å². The lowest BCUT2D eigenvalue weighted by Crippen LogP contribution is -2.50. The van der Waals surface area contributed by atoms with Crippen LogP contribution in [0.15, 0.2) is 24.5 Å². The van der Waals surface area contributed by atoms with Crippen LogP contribution in [0.1, 0.15) is 42.4 Å². The molecule has 1 aliphatic carbocycles. The molecule has 1 aromatic carbocycles. The lowest BCUT2D eigenvalue weighted by Gasteiger charge is -2.39. The molecule has 10 heteroatoms. The van der Waals surface area contributed by atoms with E-state index < -0.39 is 12.3 Å². The molecule has 0 radical (unpaired) electrons. The number of aliphatic hydroxyl groups excluding tert-OH is 1. The number of hydrogen-bond acceptors (Lipinski definition) is 7. The molecule has 2 aliphatic heterocycles. The summed E-state index contributed by atoms with van der Waals surface area (Å²) < 4.78 is 22.6. The van der Waals surface area contributed by atoms with Gasteiger partial charge in [0.05, 0.1) is 48.5 Å². The minimum absolute atomic E-state index is 0.138. The number of nitrogens with one attached hydrogen (secondary N) is 1. The molecule has 4 atom stereocenters. The molecule has 2 saturated heterocycles. The molecular formula is C24H28ClFN6O2. The lowest BCUT2D eigenvalue weighted by atomic mass is 9.86. The van der Waals surface area contributed by atoms with Crippen LogP contribution in [0.25, 0.3) is 10.9 Å². The maximum atomic E-state index is 15.4. The quantitative estimate of drug-likeness (QED) is 0.570. The van der Waals surface area contributed by atoms with E-state index in [0.29, 0.717) is 43.1 Å². The molecule has 180 valence electrons. The van der Waals surface area contributed by atoms with Gasteiger partial charge >= 0.3 is 0 Å². The number of benzene rings is 1. The van der Waals surface area contributed by atoms with Crippen LogP contribution in [0.5, 0.6) is 0 Å². The van der Waals surface area contributed by atoms with Crippen molar-refractivity contribution in [3.63, 3.8) is 0 Å². The van der Waals surface area contributed by atoms with Gasteiger partial charge in [-0.1, -0.05) is 11.6 Å². The van der Waals surface area contributed by atoms with Crippen molar-refractivity contribution in [2.45, 2.75) is 49.4 Å². The monoisotopic (exact) mass is 486 g/mol. The van der Waals surface area contributed by atoms with Crippen LogP contribution in [0, 0.1) is 0 Å². The number of likely N-dealkylation sites (tertiary alicyclic amines) is 1. The molecule has 4 heterocycles. The zero-order chi connectivity index (χ0) is 23.4. The second-order valence-corrected chi connectivity index (χ2v) is 10.1. The zero-order valence-electron chi connectivity index (χ0n) is 19.0. The number of hydrogen-bond donors (Lipinski definition) is 2. The molecule has 34 heavy (non-hydrogen) atoms. The van der Waals surface area contributed by atoms with Gasteiger partial charge in [-0.15, -0.1) is 0 Å². The first-order valence-corrected chi connectivity index (χ1v) is 12.2. The van der Waals surface area contributed by atoms with E-state index in [1.165, 1.54) is 18.5 Å². The summed E-state index contributed by atoms with van der Waals surface area (Å²) in [7, 11) is 1.95. The van der Waals surface area contributed by atoms with Crippen LogP contribution in [0.4, 0.5) is 16.0 Å². The largest absolute Gasteiger partial charge is 0.389 e. The topological polar surface area (TPSA) is 88.3 Å². The van der Waals surface area contributed by atoms with Gasteiger partial charge in [-0.25, -0.2) is 14.4 Å². The molecule has 2 N–H and O–H groups in total. The van der Waals surface area contributed by atoms with Gasteiger partial charge in [0.2, 0.25) is 5.95 Å². The number of aromatic nitrogens is 4. The van der Waals surface area contributed by atoms with Gasteiger partial charge in [0, 0.05) is 42.0 Å². The molecule has 8 nitrogen and oxygen atoms in total. The Kier molecular flexibility index (Phi) is 5.68. The van der Waals surface area contributed by atoms with Crippen LogP contribution in [-0.4, -0.2) is 74.4 Å². The molecule has 1 saturated carbocycles. The Balaban J connectivity index is 1.24. The van der Waals surface area contributed by atoms with Gasteiger partial charge in [0.1, 0.15) is 6.17 Å². The highest BCUT2D eigenvalue weighted by Gasteiger charge is 2.39. The molecule has 2 aromatic heterocycles. The van der Waals surface area contributed by atoms with Gasteiger partial charge in [-0.2, -0.15) is 5.10 Å². The third kappa shape index (κ3) is 4.04. The highest BCUT2D eigenvalue weighted by molar-refractivity contribution is 6.32. The SMILES string of the molecule is Cn1ncc(Nc2ncc3cc(Cl)c([C@H]4CCN(C5COC[C@H]5O)C[C@@H]4F)cc3n2)c1C1CC1. The Morgan fingerprint density at radius 1 is 1.21 bits per heavy atom. The van der Waals surface area contributed by atoms with Crippen molar-refractivity contribution in [3.05, 3.63) is 40.8 Å². The number of piperidine rings is 1. The molecular weight excluding hydrogens is 459 g/mol. The summed E-state index contributed by atoms with van der Waals surface area (Å²) in [6.45, 7) is 1.70. The Morgan fingerprint density at radius 2 is 2.06 bits per heavy atom. The minimum Gasteiger partial charge on any atom is -0.389 e. The van der Waals surface area contributed by atoms with Crippen LogP contribution < -0.4 is 5.32 Å². The van der Waals surface area contributed by atoms with E-state index in [0.717, 1.165) is 22.2 Å². The molecule has 6 rings (SSSR count). The maximum Gasteiger partial charge on any atom is 0.227 e. The van der Waals surface area contributed by atoms with E-state index in [1.54, 1.807) is 6.20 Å². The zero-order valence-corrected chi connectivity index (χ0v) is 19.7. The van der Waals surface area contributed by atoms with E-state index in [-0.39, 0.29) is 18.5 Å². The third-order valence-corrected chi connectivity index (χ3v) is 7.68. The molecule has 0 bridgehead atoms. The molecule has 1 unspecified atom stereocenters. The average molecular weight is 487 g/mol. The number of nitrogens with zero attached hydrogens (tertiary/aromatic N) is 5. The first-order valence-electron chi connectivity index (χ1n) is 11.9. The smallest absolute Gasteiger partial charge is 0.227 e. The number of aliphatic hydroxyl groups is 1. The van der Waals surface area contributed by atoms with Crippen molar-refractivity contribution < 1.29 is 14.2 Å². The Morgan fingerprint density at radius 3 is 2.79 bits per heavy atom. The van der Waals surface area contributed by atoms with Crippen LogP contribution in [0.2, 0.25) is 5.02 Å². The predicted octanol–water partition coefficient (Wildman–Crippen LogP) is 3.52. The highest BCUT2D eigenvalue weighted by Crippen LogP contribution is 2.43. The molecule has 3 fully saturated rings. The van der Waals surface area contributed by atoms with Crippen molar-refractivity contribution in [1.82, 2.24) is 24.6 Å². The number of rotatable bonds is 5. The summed E-state index contributed by atoms with van der Waals surface area (Å²) in [6.07, 6.45) is 4.86. The summed E-state index contributed by atoms with van der Waals surface area (Å²) in [5, 5.41) is 19.2. The van der Waals surface area contributed by atoms with Gasteiger partial charge in [-0.05, 0) is 43.5 Å². The Hall–Kier alpha value is -2.33. The summed E-state index contributed by atoms with van der Waals surface area (Å²) in [5.41, 5.74) is 3.59. The summed E-state index contributed by atoms with van der Waals surface area (Å²) in [5.74, 6) is 0.696. The number of aryl methyl sites for hydroxylation is 1. The standard InChI is InChI=1S/C24H28ClFN6O2/c1-31-23(13-2-3-13)20(9-28-31)30-24-27-8-14-6-17(25)16(7-19(14)29-24)15-4-5-32(10-18(15)26)21-11-34-12-22(21)33/h6-9,13,15,18,21-22,33H,2-5,10-12H2,1H3,(H,27,29,30)/t15-,18+,21?,22-/m1/s1. The van der Waals surface area contributed by atoms with Crippen LogP contribution >= 0.6 is 11.6 Å². The van der Waals surface area contributed by atoms with Crippen molar-refractivity contribution in [3.8, 4) is 0 Å². The number of fused-ring (bicyclic) bond motifs is 1. The lowest BCUT2D eigenvalue weighted by molar-refractivity contribution is 0.0353. The van der Waals surface area contributed by atoms with E-state index in [9.17, 15) is 5.11 Å². The first kappa shape index (κ1) is 22.2. The van der Waals surface area contributed by atoms with Crippen molar-refractivity contribution in [1.29, 1.82) is 0 Å². The molecule has 0 amide bonds. The van der Waals surface area contributed by atoms with Crippen molar-refractivity contribution in [2.75, 3.05) is 31.6 Å². The summed E-state index contributed by atoms with van der Waals surface area (Å²) in [6, 6.07) is 3.58. The normalized spacial score (nSPS) is 28.0. The second kappa shape index (κ2) is 8.71. The number of ether oxygens (including phenoxy) is 1. The van der Waals surface area contributed by atoms with Crippen molar-refractivity contribution >= 4 is 34.1 Å². The fourth-order valence-corrected chi connectivity index (χ4v) is 5.69. The number of halogens is 2. The van der Waals surface area contributed by atoms with Crippen LogP contribution in [0.3, 0.4) is 0 Å². The Bertz CT molecular complexity index is 1220. The van der Waals surface area contributed by atoms with E-state index in [1.807, 2.05) is 35.0 Å². The van der Waals surface area contributed by atoms with E-state index in [4.69, 9.17) is 21.3 Å². The fraction of sp³-hybridized carbons (Fsp3) is 0.542. The molecule has 3 aliphatic rings. The van der Waals surface area contributed by atoms with Gasteiger partial charge in [0.25, 0.3) is 0 Å². The second-order valence-electron chi connectivity index (χ2n) is 9.67. The summed E-state index contributed by atoms with van der Waals surface area (Å²) >= 11 is 6.60. The van der Waals surface area contributed by atoms with E-state index >= 15 is 4.39 Å². The molecule has 0 spiro atoms. The maximum absolute atomic E-state index is 15.4. The predicted molar refractivity (Wildman–Crippen MR) is 127 cm³/mol. The average Bonchev–Trinajstić information content (AvgIpc) is 3.45.